The number of rotatable bonds is 5. The van der Waals surface area contributed by atoms with Gasteiger partial charge >= 0.3 is 0 Å². The Morgan fingerprint density at radius 1 is 1.17 bits per heavy atom. The summed E-state index contributed by atoms with van der Waals surface area (Å²) in [6, 6.07) is 0.248. The quantitative estimate of drug-likeness (QED) is 0.840. The fourth-order valence-electron chi connectivity index (χ4n) is 4.07. The zero-order valence-corrected chi connectivity index (χ0v) is 15.1. The minimum Gasteiger partial charge on any atom is -0.393 e. The van der Waals surface area contributed by atoms with E-state index in [-0.39, 0.29) is 18.2 Å². The molecule has 0 aromatic carbocycles. The average molecular weight is 336 g/mol. The number of hydrogen-bond acceptors (Lipinski definition) is 5. The van der Waals surface area contributed by atoms with Crippen molar-refractivity contribution in [2.24, 2.45) is 0 Å². The normalized spacial score (nSPS) is 27.7. The van der Waals surface area contributed by atoms with E-state index < -0.39 is 0 Å². The molecular weight excluding hydrogens is 304 g/mol. The standard InChI is InChI=1S/C18H32N4O2/c1-3-7-22-12-15(14(2)19-22)11-20-8-6-17(18(24)13-20)21-9-4-16(23)5-10-21/h12,16-18,23-24H,3-11,13H2,1-2H3/t17-,18-/m1/s1. The van der Waals surface area contributed by atoms with E-state index >= 15 is 0 Å². The molecule has 24 heavy (non-hydrogen) atoms. The smallest absolute Gasteiger partial charge is 0.0822 e. The SMILES string of the molecule is CCCn1cc(CN2CC[C@@H](N3CCC(O)CC3)[C@H](O)C2)c(C)n1. The van der Waals surface area contributed by atoms with Crippen molar-refractivity contribution in [3.05, 3.63) is 17.5 Å². The zero-order valence-electron chi connectivity index (χ0n) is 15.1. The first-order chi connectivity index (χ1) is 11.6. The Morgan fingerprint density at radius 2 is 1.92 bits per heavy atom. The summed E-state index contributed by atoms with van der Waals surface area (Å²) < 4.78 is 2.03. The predicted molar refractivity (Wildman–Crippen MR) is 93.8 cm³/mol. The van der Waals surface area contributed by atoms with Gasteiger partial charge in [0.05, 0.1) is 17.9 Å². The van der Waals surface area contributed by atoms with Crippen LogP contribution < -0.4 is 0 Å². The van der Waals surface area contributed by atoms with Crippen LogP contribution in [0.3, 0.4) is 0 Å². The molecule has 6 heteroatoms. The molecule has 3 heterocycles. The molecule has 3 rings (SSSR count). The van der Waals surface area contributed by atoms with Gasteiger partial charge < -0.3 is 10.2 Å². The number of hydrogen-bond donors (Lipinski definition) is 2. The largest absolute Gasteiger partial charge is 0.393 e. The van der Waals surface area contributed by atoms with Gasteiger partial charge in [-0.05, 0) is 32.6 Å². The van der Waals surface area contributed by atoms with Gasteiger partial charge in [-0.25, -0.2) is 0 Å². The Hall–Kier alpha value is -0.950. The minimum atomic E-state index is -0.306. The Morgan fingerprint density at radius 3 is 2.58 bits per heavy atom. The van der Waals surface area contributed by atoms with Gasteiger partial charge in [0.15, 0.2) is 0 Å². The van der Waals surface area contributed by atoms with Gasteiger partial charge in [-0.15, -0.1) is 0 Å². The molecule has 0 bridgehead atoms. The molecule has 0 radical (unpaired) electrons. The highest BCUT2D eigenvalue weighted by molar-refractivity contribution is 5.15. The predicted octanol–water partition coefficient (Wildman–Crippen LogP) is 0.993. The van der Waals surface area contributed by atoms with Crippen LogP contribution in [0.15, 0.2) is 6.20 Å². The summed E-state index contributed by atoms with van der Waals surface area (Å²) >= 11 is 0. The van der Waals surface area contributed by atoms with Gasteiger partial charge in [-0.1, -0.05) is 6.92 Å². The second kappa shape index (κ2) is 7.95. The molecule has 0 unspecified atom stereocenters. The first-order valence-corrected chi connectivity index (χ1v) is 9.42. The maximum atomic E-state index is 10.6. The second-order valence-corrected chi connectivity index (χ2v) is 7.43. The number of likely N-dealkylation sites (tertiary alicyclic amines) is 2. The lowest BCUT2D eigenvalue weighted by atomic mass is 9.96. The number of nitrogens with zero attached hydrogens (tertiary/aromatic N) is 4. The number of aliphatic hydroxyl groups is 2. The van der Waals surface area contributed by atoms with E-state index in [9.17, 15) is 10.2 Å². The van der Waals surface area contributed by atoms with Crippen molar-refractivity contribution in [1.82, 2.24) is 19.6 Å². The molecule has 2 aliphatic heterocycles. The molecule has 136 valence electrons. The summed E-state index contributed by atoms with van der Waals surface area (Å²) in [6.45, 7) is 9.63. The Balaban J connectivity index is 1.53. The Bertz CT molecular complexity index is 525. The van der Waals surface area contributed by atoms with Crippen LogP contribution in [-0.4, -0.2) is 74.2 Å². The first kappa shape index (κ1) is 17.9. The van der Waals surface area contributed by atoms with Crippen molar-refractivity contribution >= 4 is 0 Å². The topological polar surface area (TPSA) is 64.8 Å². The third kappa shape index (κ3) is 4.17. The number of aliphatic hydroxyl groups excluding tert-OH is 2. The van der Waals surface area contributed by atoms with Gasteiger partial charge in [-0.2, -0.15) is 5.10 Å². The molecule has 0 spiro atoms. The molecule has 2 fully saturated rings. The molecule has 0 aliphatic carbocycles. The van der Waals surface area contributed by atoms with Crippen LogP contribution in [0.5, 0.6) is 0 Å². The molecule has 0 saturated carbocycles. The zero-order chi connectivity index (χ0) is 17.1. The van der Waals surface area contributed by atoms with Crippen molar-refractivity contribution in [3.63, 3.8) is 0 Å². The lowest BCUT2D eigenvalue weighted by Crippen LogP contribution is -2.55. The van der Waals surface area contributed by atoms with E-state index in [1.807, 2.05) is 4.68 Å². The van der Waals surface area contributed by atoms with Crippen LogP contribution in [0.1, 0.15) is 43.9 Å². The van der Waals surface area contributed by atoms with Crippen molar-refractivity contribution in [2.75, 3.05) is 26.2 Å². The van der Waals surface area contributed by atoms with E-state index in [0.29, 0.717) is 0 Å². The van der Waals surface area contributed by atoms with Crippen molar-refractivity contribution in [2.45, 2.75) is 70.9 Å². The van der Waals surface area contributed by atoms with Crippen molar-refractivity contribution in [1.29, 1.82) is 0 Å². The summed E-state index contributed by atoms with van der Waals surface area (Å²) in [5.41, 5.74) is 2.38. The Kier molecular flexibility index (Phi) is 5.92. The highest BCUT2D eigenvalue weighted by Crippen LogP contribution is 2.23. The van der Waals surface area contributed by atoms with Gasteiger partial charge in [-0.3, -0.25) is 14.5 Å². The lowest BCUT2D eigenvalue weighted by molar-refractivity contribution is -0.0355. The summed E-state index contributed by atoms with van der Waals surface area (Å²) in [7, 11) is 0. The van der Waals surface area contributed by atoms with Gasteiger partial charge in [0.2, 0.25) is 0 Å². The van der Waals surface area contributed by atoms with Crippen LogP contribution in [-0.2, 0) is 13.1 Å². The van der Waals surface area contributed by atoms with E-state index in [1.165, 1.54) is 5.56 Å². The van der Waals surface area contributed by atoms with Crippen molar-refractivity contribution < 1.29 is 10.2 Å². The summed E-state index contributed by atoms with van der Waals surface area (Å²) in [5, 5.41) is 24.9. The van der Waals surface area contributed by atoms with Crippen LogP contribution >= 0.6 is 0 Å². The van der Waals surface area contributed by atoms with Crippen LogP contribution in [0.2, 0.25) is 0 Å². The third-order valence-electron chi connectivity index (χ3n) is 5.49. The van der Waals surface area contributed by atoms with E-state index in [4.69, 9.17) is 0 Å². The molecule has 2 atom stereocenters. The summed E-state index contributed by atoms with van der Waals surface area (Å²) in [6.07, 6.45) is 5.46. The molecule has 2 saturated heterocycles. The van der Waals surface area contributed by atoms with Gasteiger partial charge in [0.25, 0.3) is 0 Å². The average Bonchev–Trinajstić information content (AvgIpc) is 2.89. The number of aromatic nitrogens is 2. The van der Waals surface area contributed by atoms with Gasteiger partial charge in [0, 0.05) is 57.1 Å². The minimum absolute atomic E-state index is 0.152. The van der Waals surface area contributed by atoms with Crippen molar-refractivity contribution in [3.8, 4) is 0 Å². The maximum absolute atomic E-state index is 10.6. The third-order valence-corrected chi connectivity index (χ3v) is 5.49. The molecule has 2 aliphatic rings. The first-order valence-electron chi connectivity index (χ1n) is 9.42. The number of β-amino-alcohol motifs (C(OH)–C–C–N with tert-alkyl or cyclic N) is 1. The number of piperidine rings is 2. The van der Waals surface area contributed by atoms with E-state index in [2.05, 4.69) is 34.9 Å². The molecule has 0 amide bonds. The van der Waals surface area contributed by atoms with E-state index in [0.717, 1.165) is 70.6 Å². The van der Waals surface area contributed by atoms with Crippen LogP contribution in [0.25, 0.3) is 0 Å². The maximum Gasteiger partial charge on any atom is 0.0822 e. The molecular formula is C18H32N4O2. The van der Waals surface area contributed by atoms with Crippen LogP contribution in [0.4, 0.5) is 0 Å². The van der Waals surface area contributed by atoms with Gasteiger partial charge in [0.1, 0.15) is 0 Å². The highest BCUT2D eigenvalue weighted by atomic mass is 16.3. The van der Waals surface area contributed by atoms with Crippen LogP contribution in [0, 0.1) is 6.92 Å². The monoisotopic (exact) mass is 336 g/mol. The molecule has 1 aromatic rings. The summed E-state index contributed by atoms with van der Waals surface area (Å²) in [5.74, 6) is 0. The highest BCUT2D eigenvalue weighted by Gasteiger charge is 2.33. The lowest BCUT2D eigenvalue weighted by Gasteiger charge is -2.43. The molecule has 6 nitrogen and oxygen atoms in total. The fourth-order valence-corrected chi connectivity index (χ4v) is 4.07. The summed E-state index contributed by atoms with van der Waals surface area (Å²) in [4.78, 5) is 4.72. The fraction of sp³-hybridized carbons (Fsp3) is 0.833. The molecule has 2 N–H and O–H groups in total. The van der Waals surface area contributed by atoms with E-state index in [1.54, 1.807) is 0 Å². The molecule has 1 aromatic heterocycles. The number of aryl methyl sites for hydroxylation is 2. The second-order valence-electron chi connectivity index (χ2n) is 7.43. The Labute approximate surface area is 145 Å².